The van der Waals surface area contributed by atoms with E-state index in [1.165, 1.54) is 18.3 Å². The summed E-state index contributed by atoms with van der Waals surface area (Å²) in [7, 11) is 0. The number of hydrogen-bond donors (Lipinski definition) is 3. The summed E-state index contributed by atoms with van der Waals surface area (Å²) in [6.45, 7) is 1.80. The Kier molecular flexibility index (Phi) is 3.65. The molecule has 0 bridgehead atoms. The SMILES string of the molecule is Cc1ccc(C(=O)Nc2ccc(C(=O)O)cc2O)cn1. The maximum atomic E-state index is 11.9. The number of phenols is 1. The van der Waals surface area contributed by atoms with E-state index in [-0.39, 0.29) is 17.0 Å². The number of aryl methyl sites for hydroxylation is 1. The Labute approximate surface area is 114 Å². The Morgan fingerprint density at radius 1 is 1.15 bits per heavy atom. The number of aromatic hydroxyl groups is 1. The fraction of sp³-hybridized carbons (Fsp3) is 0.0714. The van der Waals surface area contributed by atoms with Crippen LogP contribution in [0.1, 0.15) is 26.4 Å². The fourth-order valence-corrected chi connectivity index (χ4v) is 1.57. The van der Waals surface area contributed by atoms with Crippen LogP contribution in [0.15, 0.2) is 36.5 Å². The molecule has 0 unspecified atom stereocenters. The second-order valence-electron chi connectivity index (χ2n) is 4.18. The lowest BCUT2D eigenvalue weighted by molar-refractivity contribution is 0.0696. The number of carboxylic acids is 1. The molecule has 0 spiro atoms. The van der Waals surface area contributed by atoms with E-state index in [4.69, 9.17) is 5.11 Å². The number of aromatic nitrogens is 1. The molecule has 1 aromatic carbocycles. The summed E-state index contributed by atoms with van der Waals surface area (Å²) in [5.41, 5.74) is 1.21. The third-order valence-corrected chi connectivity index (χ3v) is 2.67. The van der Waals surface area contributed by atoms with E-state index in [1.807, 2.05) is 0 Å². The van der Waals surface area contributed by atoms with Gasteiger partial charge < -0.3 is 15.5 Å². The highest BCUT2D eigenvalue weighted by Crippen LogP contribution is 2.24. The lowest BCUT2D eigenvalue weighted by Gasteiger charge is -2.08. The van der Waals surface area contributed by atoms with Crippen LogP contribution in [-0.4, -0.2) is 27.1 Å². The van der Waals surface area contributed by atoms with E-state index >= 15 is 0 Å². The number of rotatable bonds is 3. The third-order valence-electron chi connectivity index (χ3n) is 2.67. The van der Waals surface area contributed by atoms with Crippen molar-refractivity contribution < 1.29 is 19.8 Å². The molecule has 2 rings (SSSR count). The minimum absolute atomic E-state index is 0.0579. The first-order valence-corrected chi connectivity index (χ1v) is 5.77. The van der Waals surface area contributed by atoms with Crippen LogP contribution in [0.3, 0.4) is 0 Å². The van der Waals surface area contributed by atoms with Crippen molar-refractivity contribution in [2.45, 2.75) is 6.92 Å². The second-order valence-corrected chi connectivity index (χ2v) is 4.18. The van der Waals surface area contributed by atoms with Gasteiger partial charge in [0.05, 0.1) is 16.8 Å². The Bertz CT molecular complexity index is 665. The number of hydrogen-bond acceptors (Lipinski definition) is 4. The normalized spacial score (nSPS) is 10.1. The van der Waals surface area contributed by atoms with Crippen LogP contribution in [0, 0.1) is 6.92 Å². The minimum Gasteiger partial charge on any atom is -0.506 e. The van der Waals surface area contributed by atoms with Crippen molar-refractivity contribution in [3.8, 4) is 5.75 Å². The number of carbonyl (C=O) groups excluding carboxylic acids is 1. The molecular formula is C14H12N2O4. The molecule has 2 aromatic rings. The molecule has 0 saturated heterocycles. The average Bonchev–Trinajstić information content (AvgIpc) is 2.41. The van der Waals surface area contributed by atoms with Crippen LogP contribution in [0.25, 0.3) is 0 Å². The Hall–Kier alpha value is -2.89. The monoisotopic (exact) mass is 272 g/mol. The number of amides is 1. The number of benzene rings is 1. The number of pyridine rings is 1. The predicted octanol–water partition coefficient (Wildman–Crippen LogP) is 2.05. The van der Waals surface area contributed by atoms with Gasteiger partial charge in [-0.3, -0.25) is 9.78 Å². The smallest absolute Gasteiger partial charge is 0.335 e. The van der Waals surface area contributed by atoms with Gasteiger partial charge in [0, 0.05) is 11.9 Å². The average molecular weight is 272 g/mol. The van der Waals surface area contributed by atoms with Crippen LogP contribution in [0.4, 0.5) is 5.69 Å². The second kappa shape index (κ2) is 5.40. The molecule has 0 aliphatic rings. The Morgan fingerprint density at radius 2 is 1.85 bits per heavy atom. The first-order chi connectivity index (χ1) is 9.47. The molecule has 0 atom stereocenters. The zero-order chi connectivity index (χ0) is 14.7. The summed E-state index contributed by atoms with van der Waals surface area (Å²) in [4.78, 5) is 26.7. The van der Waals surface area contributed by atoms with Gasteiger partial charge in [0.1, 0.15) is 5.75 Å². The van der Waals surface area contributed by atoms with E-state index in [2.05, 4.69) is 10.3 Å². The van der Waals surface area contributed by atoms with Crippen LogP contribution in [-0.2, 0) is 0 Å². The lowest BCUT2D eigenvalue weighted by Crippen LogP contribution is -2.12. The van der Waals surface area contributed by atoms with Crippen molar-refractivity contribution in [2.24, 2.45) is 0 Å². The predicted molar refractivity (Wildman–Crippen MR) is 72.0 cm³/mol. The molecule has 0 aliphatic heterocycles. The van der Waals surface area contributed by atoms with E-state index in [1.54, 1.807) is 19.1 Å². The highest BCUT2D eigenvalue weighted by Gasteiger charge is 2.11. The van der Waals surface area contributed by atoms with Crippen molar-refractivity contribution in [1.29, 1.82) is 0 Å². The molecule has 20 heavy (non-hydrogen) atoms. The number of nitrogens with one attached hydrogen (secondary N) is 1. The highest BCUT2D eigenvalue weighted by molar-refractivity contribution is 6.05. The minimum atomic E-state index is -1.15. The number of anilines is 1. The molecule has 3 N–H and O–H groups in total. The van der Waals surface area contributed by atoms with Gasteiger partial charge in [-0.05, 0) is 37.3 Å². The van der Waals surface area contributed by atoms with Crippen LogP contribution >= 0.6 is 0 Å². The van der Waals surface area contributed by atoms with Crippen molar-refractivity contribution in [3.05, 3.63) is 53.3 Å². The Balaban J connectivity index is 2.19. The number of carbonyl (C=O) groups is 2. The maximum absolute atomic E-state index is 11.9. The zero-order valence-corrected chi connectivity index (χ0v) is 10.6. The zero-order valence-electron chi connectivity index (χ0n) is 10.6. The molecule has 0 fully saturated rings. The van der Waals surface area contributed by atoms with Crippen molar-refractivity contribution in [3.63, 3.8) is 0 Å². The summed E-state index contributed by atoms with van der Waals surface area (Å²) >= 11 is 0. The summed E-state index contributed by atoms with van der Waals surface area (Å²) in [6.07, 6.45) is 1.42. The van der Waals surface area contributed by atoms with Crippen molar-refractivity contribution >= 4 is 17.6 Å². The van der Waals surface area contributed by atoms with Gasteiger partial charge >= 0.3 is 5.97 Å². The standard InChI is InChI=1S/C14H12N2O4/c1-8-2-3-10(7-15-8)13(18)16-11-5-4-9(14(19)20)6-12(11)17/h2-7,17H,1H3,(H,16,18)(H,19,20). The van der Waals surface area contributed by atoms with Crippen LogP contribution in [0.5, 0.6) is 5.75 Å². The molecule has 6 heteroatoms. The number of phenolic OH excluding ortho intramolecular Hbond substituents is 1. The van der Waals surface area contributed by atoms with Crippen molar-refractivity contribution in [2.75, 3.05) is 5.32 Å². The first kappa shape index (κ1) is 13.5. The van der Waals surface area contributed by atoms with Gasteiger partial charge in [-0.25, -0.2) is 4.79 Å². The van der Waals surface area contributed by atoms with Crippen LogP contribution < -0.4 is 5.32 Å². The summed E-state index contributed by atoms with van der Waals surface area (Å²) < 4.78 is 0. The quantitative estimate of drug-likeness (QED) is 0.742. The fourth-order valence-electron chi connectivity index (χ4n) is 1.57. The van der Waals surface area contributed by atoms with Gasteiger partial charge in [0.15, 0.2) is 0 Å². The summed E-state index contributed by atoms with van der Waals surface area (Å²) in [5, 5.41) is 21.0. The number of carboxylic acid groups (broad SMARTS) is 1. The molecule has 0 aliphatic carbocycles. The molecule has 0 radical (unpaired) electrons. The first-order valence-electron chi connectivity index (χ1n) is 5.77. The lowest BCUT2D eigenvalue weighted by atomic mass is 10.2. The third kappa shape index (κ3) is 2.92. The van der Waals surface area contributed by atoms with Crippen LogP contribution in [0.2, 0.25) is 0 Å². The van der Waals surface area contributed by atoms with Gasteiger partial charge in [0.2, 0.25) is 0 Å². The van der Waals surface area contributed by atoms with E-state index in [9.17, 15) is 14.7 Å². The van der Waals surface area contributed by atoms with Gasteiger partial charge in [-0.15, -0.1) is 0 Å². The number of aromatic carboxylic acids is 1. The van der Waals surface area contributed by atoms with E-state index in [0.29, 0.717) is 5.56 Å². The summed E-state index contributed by atoms with van der Waals surface area (Å²) in [5.74, 6) is -1.89. The molecule has 1 heterocycles. The number of nitrogens with zero attached hydrogens (tertiary/aromatic N) is 1. The molecule has 0 saturated carbocycles. The maximum Gasteiger partial charge on any atom is 0.335 e. The molecule has 1 amide bonds. The highest BCUT2D eigenvalue weighted by atomic mass is 16.4. The molecular weight excluding hydrogens is 260 g/mol. The van der Waals surface area contributed by atoms with E-state index in [0.717, 1.165) is 11.8 Å². The van der Waals surface area contributed by atoms with Crippen molar-refractivity contribution in [1.82, 2.24) is 4.98 Å². The summed E-state index contributed by atoms with van der Waals surface area (Å²) in [6, 6.07) is 7.01. The Morgan fingerprint density at radius 3 is 2.40 bits per heavy atom. The van der Waals surface area contributed by atoms with Gasteiger partial charge in [0.25, 0.3) is 5.91 Å². The molecule has 6 nitrogen and oxygen atoms in total. The largest absolute Gasteiger partial charge is 0.506 e. The van der Waals surface area contributed by atoms with Gasteiger partial charge in [-0.1, -0.05) is 0 Å². The molecule has 102 valence electrons. The topological polar surface area (TPSA) is 99.5 Å². The van der Waals surface area contributed by atoms with E-state index < -0.39 is 11.9 Å². The molecule has 1 aromatic heterocycles. The van der Waals surface area contributed by atoms with Gasteiger partial charge in [-0.2, -0.15) is 0 Å².